The Bertz CT molecular complexity index is 1520. The molecule has 0 unspecified atom stereocenters. The number of nitrogens with one attached hydrogen (secondary N) is 1. The van der Waals surface area contributed by atoms with Crippen LogP contribution in [-0.4, -0.2) is 30.2 Å². The second-order valence-corrected chi connectivity index (χ2v) is 9.17. The topological polar surface area (TPSA) is 109 Å². The summed E-state index contributed by atoms with van der Waals surface area (Å²) in [6.07, 6.45) is 3.11. The molecular weight excluding hydrogens is 452 g/mol. The number of carbonyl (C=O) groups is 2. The highest BCUT2D eigenvalue weighted by Crippen LogP contribution is 2.35. The van der Waals surface area contributed by atoms with E-state index in [0.717, 1.165) is 0 Å². The molecule has 32 heavy (non-hydrogen) atoms. The monoisotopic (exact) mass is 464 g/mol. The van der Waals surface area contributed by atoms with Crippen molar-refractivity contribution >= 4 is 55.8 Å². The van der Waals surface area contributed by atoms with Crippen LogP contribution in [0.2, 0.25) is 5.02 Å². The highest BCUT2D eigenvalue weighted by Gasteiger charge is 2.42. The van der Waals surface area contributed by atoms with Gasteiger partial charge in [0.25, 0.3) is 21.8 Å². The zero-order valence-corrected chi connectivity index (χ0v) is 17.8. The Morgan fingerprint density at radius 1 is 0.906 bits per heavy atom. The van der Waals surface area contributed by atoms with E-state index in [0.29, 0.717) is 26.0 Å². The lowest BCUT2D eigenvalue weighted by atomic mass is 10.1. The van der Waals surface area contributed by atoms with E-state index in [-0.39, 0.29) is 21.7 Å². The Morgan fingerprint density at radius 3 is 2.38 bits per heavy atom. The molecule has 8 nitrogen and oxygen atoms in total. The van der Waals surface area contributed by atoms with Gasteiger partial charge >= 0.3 is 0 Å². The van der Waals surface area contributed by atoms with Crippen molar-refractivity contribution in [3.05, 3.63) is 89.2 Å². The van der Waals surface area contributed by atoms with Gasteiger partial charge in [0, 0.05) is 28.7 Å². The van der Waals surface area contributed by atoms with E-state index >= 15 is 0 Å². The molecule has 0 radical (unpaired) electrons. The van der Waals surface area contributed by atoms with Crippen LogP contribution in [0.4, 0.5) is 11.4 Å². The molecule has 0 saturated heterocycles. The van der Waals surface area contributed by atoms with E-state index in [1.54, 1.807) is 30.6 Å². The van der Waals surface area contributed by atoms with Crippen LogP contribution in [0.5, 0.6) is 0 Å². The van der Waals surface area contributed by atoms with Crippen molar-refractivity contribution < 1.29 is 18.0 Å². The first kappa shape index (κ1) is 20.1. The molecule has 10 heteroatoms. The summed E-state index contributed by atoms with van der Waals surface area (Å²) in [6.45, 7) is 0. The molecule has 1 N–H and O–H groups in total. The number of benzene rings is 3. The van der Waals surface area contributed by atoms with Crippen LogP contribution < -0.4 is 9.62 Å². The van der Waals surface area contributed by atoms with Gasteiger partial charge in [0.1, 0.15) is 4.90 Å². The van der Waals surface area contributed by atoms with Crippen molar-refractivity contribution in [2.24, 2.45) is 0 Å². The molecule has 1 aromatic heterocycles. The van der Waals surface area contributed by atoms with Crippen LogP contribution in [0.15, 0.2) is 78.0 Å². The third-order valence-electron chi connectivity index (χ3n) is 4.97. The van der Waals surface area contributed by atoms with E-state index in [2.05, 4.69) is 15.3 Å². The molecule has 1 aliphatic heterocycles. The number of carbonyl (C=O) groups excluding carboxylic acids is 2. The smallest absolute Gasteiger partial charge is 0.273 e. The molecule has 4 aromatic rings. The predicted molar refractivity (Wildman–Crippen MR) is 119 cm³/mol. The fraction of sp³-hybridized carbons (Fsp3) is 0. The molecule has 0 atom stereocenters. The number of anilines is 2. The molecule has 1 aliphatic rings. The maximum absolute atomic E-state index is 13.1. The predicted octanol–water partition coefficient (Wildman–Crippen LogP) is 3.88. The third-order valence-corrected chi connectivity index (χ3v) is 6.97. The lowest BCUT2D eigenvalue weighted by Crippen LogP contribution is -2.29. The van der Waals surface area contributed by atoms with Gasteiger partial charge in [0.15, 0.2) is 0 Å². The molecule has 0 aliphatic carbocycles. The maximum atomic E-state index is 13.1. The lowest BCUT2D eigenvalue weighted by Gasteiger charge is -2.14. The standard InChI is InChI=1S/C22H13ClN4O4S/c23-14-2-5-16(6-3-14)27-22(29)17-7-1-13(11-20(17)32(27,30)31)21(28)26-15-4-8-18-19(12-15)25-10-9-24-18/h1-12H,(H,26,28). The zero-order chi connectivity index (χ0) is 22.5. The number of rotatable bonds is 3. The van der Waals surface area contributed by atoms with Crippen LogP contribution in [0.1, 0.15) is 20.7 Å². The minimum Gasteiger partial charge on any atom is -0.322 e. The van der Waals surface area contributed by atoms with Crippen LogP contribution >= 0.6 is 11.6 Å². The summed E-state index contributed by atoms with van der Waals surface area (Å²) in [5.41, 5.74) is 2.01. The minimum atomic E-state index is -4.18. The number of halogens is 1. The summed E-state index contributed by atoms with van der Waals surface area (Å²) < 4.78 is 26.9. The zero-order valence-electron chi connectivity index (χ0n) is 16.2. The van der Waals surface area contributed by atoms with Crippen LogP contribution in [-0.2, 0) is 10.0 Å². The van der Waals surface area contributed by atoms with Crippen LogP contribution in [0, 0.1) is 0 Å². The number of amides is 2. The minimum absolute atomic E-state index is 0.00233. The number of nitrogens with zero attached hydrogens (tertiary/aromatic N) is 3. The Balaban J connectivity index is 1.47. The van der Waals surface area contributed by atoms with Gasteiger partial charge in [0.05, 0.1) is 22.3 Å². The van der Waals surface area contributed by atoms with E-state index in [1.165, 1.54) is 42.5 Å². The molecule has 0 saturated carbocycles. The van der Waals surface area contributed by atoms with Crippen molar-refractivity contribution in [2.75, 3.05) is 9.62 Å². The van der Waals surface area contributed by atoms with E-state index < -0.39 is 21.8 Å². The Kier molecular flexibility index (Phi) is 4.65. The molecule has 0 fully saturated rings. The van der Waals surface area contributed by atoms with Gasteiger partial charge < -0.3 is 5.32 Å². The van der Waals surface area contributed by atoms with Gasteiger partial charge in [-0.05, 0) is 60.7 Å². The molecule has 158 valence electrons. The van der Waals surface area contributed by atoms with Crippen molar-refractivity contribution in [1.29, 1.82) is 0 Å². The number of hydrogen-bond donors (Lipinski definition) is 1. The Labute approximate surface area is 187 Å². The fourth-order valence-electron chi connectivity index (χ4n) is 3.45. The first-order valence-electron chi connectivity index (χ1n) is 9.36. The fourth-order valence-corrected chi connectivity index (χ4v) is 5.20. The molecular formula is C22H13ClN4O4S. The number of fused-ring (bicyclic) bond motifs is 2. The van der Waals surface area contributed by atoms with E-state index in [9.17, 15) is 18.0 Å². The average Bonchev–Trinajstić information content (AvgIpc) is 2.99. The first-order chi connectivity index (χ1) is 15.3. The van der Waals surface area contributed by atoms with Crippen LogP contribution in [0.3, 0.4) is 0 Å². The second-order valence-electron chi connectivity index (χ2n) is 6.98. The first-order valence-corrected chi connectivity index (χ1v) is 11.2. The van der Waals surface area contributed by atoms with Crippen molar-refractivity contribution in [3.8, 4) is 0 Å². The summed E-state index contributed by atoms with van der Waals surface area (Å²) in [5, 5.41) is 3.13. The third kappa shape index (κ3) is 3.28. The van der Waals surface area contributed by atoms with Gasteiger partial charge in [-0.2, -0.15) is 4.31 Å². The van der Waals surface area contributed by atoms with Gasteiger partial charge in [-0.15, -0.1) is 0 Å². The second kappa shape index (κ2) is 7.40. The van der Waals surface area contributed by atoms with Gasteiger partial charge in [0.2, 0.25) is 0 Å². The van der Waals surface area contributed by atoms with E-state index in [4.69, 9.17) is 11.6 Å². The van der Waals surface area contributed by atoms with Crippen LogP contribution in [0.25, 0.3) is 11.0 Å². The maximum Gasteiger partial charge on any atom is 0.273 e. The molecule has 2 amide bonds. The van der Waals surface area contributed by atoms with Crippen molar-refractivity contribution in [2.45, 2.75) is 4.90 Å². The highest BCUT2D eigenvalue weighted by atomic mass is 35.5. The molecule has 3 aromatic carbocycles. The van der Waals surface area contributed by atoms with Gasteiger partial charge in [-0.3, -0.25) is 19.6 Å². The van der Waals surface area contributed by atoms with Gasteiger partial charge in [-0.1, -0.05) is 11.6 Å². The summed E-state index contributed by atoms with van der Waals surface area (Å²) in [5.74, 6) is -1.22. The highest BCUT2D eigenvalue weighted by molar-refractivity contribution is 7.94. The number of aromatic nitrogens is 2. The van der Waals surface area contributed by atoms with Gasteiger partial charge in [-0.25, -0.2) is 8.42 Å². The summed E-state index contributed by atoms with van der Waals surface area (Å²) in [6, 6.07) is 14.9. The van der Waals surface area contributed by atoms with Crippen molar-refractivity contribution in [3.63, 3.8) is 0 Å². The summed E-state index contributed by atoms with van der Waals surface area (Å²) >= 11 is 5.86. The largest absolute Gasteiger partial charge is 0.322 e. The summed E-state index contributed by atoms with van der Waals surface area (Å²) in [4.78, 5) is 33.7. The SMILES string of the molecule is O=C(Nc1ccc2nccnc2c1)c1ccc2c(c1)S(=O)(=O)N(c1ccc(Cl)cc1)C2=O. The molecule has 5 rings (SSSR count). The normalized spacial score (nSPS) is 14.4. The number of hydrogen-bond acceptors (Lipinski definition) is 6. The van der Waals surface area contributed by atoms with Crippen molar-refractivity contribution in [1.82, 2.24) is 9.97 Å². The number of sulfonamides is 1. The lowest BCUT2D eigenvalue weighted by molar-refractivity contribution is 0.100. The molecule has 0 spiro atoms. The van der Waals surface area contributed by atoms with E-state index in [1.807, 2.05) is 0 Å². The Morgan fingerprint density at radius 2 is 1.62 bits per heavy atom. The average molecular weight is 465 g/mol. The summed E-state index contributed by atoms with van der Waals surface area (Å²) in [7, 11) is -4.18. The molecule has 2 heterocycles. The molecule has 0 bridgehead atoms. The Hall–Kier alpha value is -3.82. The quantitative estimate of drug-likeness (QED) is 0.492.